The average Bonchev–Trinajstić information content (AvgIpc) is 2.49. The highest BCUT2D eigenvalue weighted by Gasteiger charge is 2.37. The largest absolute Gasteiger partial charge is 0.478 e. The van der Waals surface area contributed by atoms with Crippen molar-refractivity contribution in [3.05, 3.63) is 28.2 Å². The molecule has 6 heteroatoms. The zero-order valence-corrected chi connectivity index (χ0v) is 13.5. The van der Waals surface area contributed by atoms with E-state index in [1.165, 1.54) is 6.07 Å². The molecule has 1 amide bonds. The number of carbonyl (C=O) groups is 2. The minimum Gasteiger partial charge on any atom is -0.478 e. The summed E-state index contributed by atoms with van der Waals surface area (Å²) in [7, 11) is 0. The molecule has 5 nitrogen and oxygen atoms in total. The van der Waals surface area contributed by atoms with Crippen molar-refractivity contribution >= 4 is 33.5 Å². The molecule has 3 N–H and O–H groups in total. The minimum absolute atomic E-state index is 0.0230. The first-order valence-electron chi connectivity index (χ1n) is 7.03. The van der Waals surface area contributed by atoms with Gasteiger partial charge in [0.25, 0.3) is 0 Å². The fraction of sp³-hybridized carbons (Fsp3) is 0.467. The van der Waals surface area contributed by atoms with Crippen molar-refractivity contribution in [2.75, 3.05) is 18.4 Å². The summed E-state index contributed by atoms with van der Waals surface area (Å²) < 4.78 is 0.500. The zero-order valence-electron chi connectivity index (χ0n) is 11.9. The number of anilines is 1. The molecule has 0 bridgehead atoms. The Labute approximate surface area is 132 Å². The number of halogens is 1. The Hall–Kier alpha value is -1.40. The first-order valence-corrected chi connectivity index (χ1v) is 7.83. The number of amides is 1. The third-order valence-electron chi connectivity index (χ3n) is 4.17. The molecule has 0 spiro atoms. The van der Waals surface area contributed by atoms with Gasteiger partial charge in [-0.05, 0) is 66.5 Å². The van der Waals surface area contributed by atoms with Crippen molar-refractivity contribution in [3.8, 4) is 0 Å². The van der Waals surface area contributed by atoms with Crippen LogP contribution in [0.3, 0.4) is 0 Å². The normalized spacial score (nSPS) is 17.2. The maximum Gasteiger partial charge on any atom is 0.336 e. The van der Waals surface area contributed by atoms with Gasteiger partial charge in [0.2, 0.25) is 5.91 Å². The van der Waals surface area contributed by atoms with E-state index in [0.29, 0.717) is 10.2 Å². The Morgan fingerprint density at radius 2 is 2.05 bits per heavy atom. The first kappa shape index (κ1) is 16.0. The van der Waals surface area contributed by atoms with Crippen molar-refractivity contribution in [2.24, 2.45) is 5.41 Å². The molecule has 0 aliphatic carbocycles. The summed E-state index contributed by atoms with van der Waals surface area (Å²) in [6, 6.07) is 4.83. The number of carboxylic acids is 1. The lowest BCUT2D eigenvalue weighted by Gasteiger charge is -2.35. The molecule has 0 aromatic heterocycles. The molecule has 1 aliphatic rings. The van der Waals surface area contributed by atoms with Gasteiger partial charge >= 0.3 is 5.97 Å². The third kappa shape index (κ3) is 3.44. The molecule has 0 saturated carbocycles. The summed E-state index contributed by atoms with van der Waals surface area (Å²) in [6.07, 6.45) is 2.39. The average molecular weight is 355 g/mol. The van der Waals surface area contributed by atoms with Gasteiger partial charge in [-0.25, -0.2) is 4.79 Å². The Morgan fingerprint density at radius 3 is 2.62 bits per heavy atom. The maximum atomic E-state index is 12.6. The summed E-state index contributed by atoms with van der Waals surface area (Å²) in [5.41, 5.74) is 0.303. The van der Waals surface area contributed by atoms with Gasteiger partial charge in [0, 0.05) is 10.2 Å². The highest BCUT2D eigenvalue weighted by atomic mass is 79.9. The van der Waals surface area contributed by atoms with Gasteiger partial charge in [0.1, 0.15) is 0 Å². The van der Waals surface area contributed by atoms with Gasteiger partial charge in [-0.1, -0.05) is 6.92 Å². The SMILES string of the molecule is CCC1(C(=O)Nc2ccc(Br)c(C(=O)O)c2)CCNCC1. The number of aromatic carboxylic acids is 1. The van der Waals surface area contributed by atoms with Crippen molar-refractivity contribution in [1.82, 2.24) is 5.32 Å². The molecule has 0 radical (unpaired) electrons. The smallest absolute Gasteiger partial charge is 0.336 e. The van der Waals surface area contributed by atoms with E-state index in [-0.39, 0.29) is 16.9 Å². The first-order chi connectivity index (χ1) is 9.98. The molecule has 0 atom stereocenters. The number of carboxylic acid groups (broad SMARTS) is 1. The lowest BCUT2D eigenvalue weighted by atomic mass is 9.76. The van der Waals surface area contributed by atoms with Gasteiger partial charge in [-0.3, -0.25) is 4.79 Å². The summed E-state index contributed by atoms with van der Waals surface area (Å²) in [6.45, 7) is 3.69. The molecule has 1 aromatic carbocycles. The van der Waals surface area contributed by atoms with Crippen molar-refractivity contribution in [2.45, 2.75) is 26.2 Å². The third-order valence-corrected chi connectivity index (χ3v) is 4.87. The van der Waals surface area contributed by atoms with Gasteiger partial charge in [0.15, 0.2) is 0 Å². The van der Waals surface area contributed by atoms with Crippen LogP contribution in [0.4, 0.5) is 5.69 Å². The van der Waals surface area contributed by atoms with E-state index in [1.54, 1.807) is 12.1 Å². The number of rotatable bonds is 4. The Morgan fingerprint density at radius 1 is 1.38 bits per heavy atom. The van der Waals surface area contributed by atoms with Gasteiger partial charge in [-0.15, -0.1) is 0 Å². The van der Waals surface area contributed by atoms with Crippen molar-refractivity contribution in [3.63, 3.8) is 0 Å². The van der Waals surface area contributed by atoms with Crippen molar-refractivity contribution < 1.29 is 14.7 Å². The fourth-order valence-corrected chi connectivity index (χ4v) is 3.09. The molecule has 1 fully saturated rings. The summed E-state index contributed by atoms with van der Waals surface area (Å²) in [4.78, 5) is 23.7. The van der Waals surface area contributed by atoms with Crippen LogP contribution in [0.5, 0.6) is 0 Å². The van der Waals surface area contributed by atoms with Crippen LogP contribution in [0, 0.1) is 5.41 Å². The highest BCUT2D eigenvalue weighted by Crippen LogP contribution is 2.34. The van der Waals surface area contributed by atoms with Crippen LogP contribution >= 0.6 is 15.9 Å². The molecular formula is C15H19BrN2O3. The van der Waals surface area contributed by atoms with Gasteiger partial charge < -0.3 is 15.7 Å². The topological polar surface area (TPSA) is 78.4 Å². The second-order valence-corrected chi connectivity index (χ2v) is 6.19. The van der Waals surface area contributed by atoms with Crippen LogP contribution in [0.1, 0.15) is 36.5 Å². The number of piperidine rings is 1. The van der Waals surface area contributed by atoms with E-state index in [4.69, 9.17) is 5.11 Å². The van der Waals surface area contributed by atoms with E-state index in [1.807, 2.05) is 6.92 Å². The van der Waals surface area contributed by atoms with Crippen molar-refractivity contribution in [1.29, 1.82) is 0 Å². The van der Waals surface area contributed by atoms with E-state index >= 15 is 0 Å². The van der Waals surface area contributed by atoms with Crippen LogP contribution in [0.25, 0.3) is 0 Å². The predicted molar refractivity (Wildman–Crippen MR) is 84.6 cm³/mol. The summed E-state index contributed by atoms with van der Waals surface area (Å²) in [5.74, 6) is -1.05. The van der Waals surface area contributed by atoms with Gasteiger partial charge in [-0.2, -0.15) is 0 Å². The molecule has 1 heterocycles. The van der Waals surface area contributed by atoms with Crippen LogP contribution < -0.4 is 10.6 Å². The van der Waals surface area contributed by atoms with Crippen LogP contribution in [0.15, 0.2) is 22.7 Å². The number of benzene rings is 1. The predicted octanol–water partition coefficient (Wildman–Crippen LogP) is 2.87. The molecule has 1 aromatic rings. The molecule has 2 rings (SSSR count). The van der Waals surface area contributed by atoms with E-state index in [0.717, 1.165) is 32.4 Å². The van der Waals surface area contributed by atoms with E-state index < -0.39 is 5.97 Å². The molecule has 114 valence electrons. The summed E-state index contributed by atoms with van der Waals surface area (Å²) >= 11 is 3.20. The Balaban J connectivity index is 2.19. The number of hydrogen-bond acceptors (Lipinski definition) is 3. The molecule has 1 saturated heterocycles. The molecule has 21 heavy (non-hydrogen) atoms. The molecule has 0 unspecified atom stereocenters. The molecular weight excluding hydrogens is 336 g/mol. The summed E-state index contributed by atoms with van der Waals surface area (Å²) in [5, 5.41) is 15.3. The number of nitrogens with one attached hydrogen (secondary N) is 2. The van der Waals surface area contributed by atoms with Crippen LogP contribution in [-0.2, 0) is 4.79 Å². The Kier molecular flexibility index (Phi) is 5.00. The quantitative estimate of drug-likeness (QED) is 0.776. The number of hydrogen-bond donors (Lipinski definition) is 3. The van der Waals surface area contributed by atoms with E-state index in [2.05, 4.69) is 26.6 Å². The molecule has 1 aliphatic heterocycles. The van der Waals surface area contributed by atoms with Gasteiger partial charge in [0.05, 0.1) is 11.0 Å². The zero-order chi connectivity index (χ0) is 15.5. The lowest BCUT2D eigenvalue weighted by molar-refractivity contribution is -0.127. The van der Waals surface area contributed by atoms with Crippen LogP contribution in [0.2, 0.25) is 0 Å². The Bertz CT molecular complexity index is 554. The standard InChI is InChI=1S/C15H19BrN2O3/c1-2-15(5-7-17-8-6-15)14(21)18-10-3-4-12(16)11(9-10)13(19)20/h3-4,9,17H,2,5-8H2,1H3,(H,18,21)(H,19,20). The highest BCUT2D eigenvalue weighted by molar-refractivity contribution is 9.10. The lowest BCUT2D eigenvalue weighted by Crippen LogP contribution is -2.44. The second kappa shape index (κ2) is 6.58. The maximum absolute atomic E-state index is 12.6. The second-order valence-electron chi connectivity index (χ2n) is 5.34. The number of carbonyl (C=O) groups excluding carboxylic acids is 1. The van der Waals surface area contributed by atoms with E-state index in [9.17, 15) is 9.59 Å². The monoisotopic (exact) mass is 354 g/mol. The minimum atomic E-state index is -1.02. The van der Waals surface area contributed by atoms with Crippen LogP contribution in [-0.4, -0.2) is 30.1 Å². The fourth-order valence-electron chi connectivity index (χ4n) is 2.68.